The van der Waals surface area contributed by atoms with Gasteiger partial charge in [0.15, 0.2) is 17.5 Å². The highest BCUT2D eigenvalue weighted by Gasteiger charge is 2.08. The molecule has 27 heavy (non-hydrogen) atoms. The Hall–Kier alpha value is -3.09. The van der Waals surface area contributed by atoms with E-state index in [9.17, 15) is 14.3 Å². The number of guanidine groups is 1. The summed E-state index contributed by atoms with van der Waals surface area (Å²) in [5.41, 5.74) is 2.41. The fourth-order valence-corrected chi connectivity index (χ4v) is 2.51. The molecule has 0 aliphatic rings. The summed E-state index contributed by atoms with van der Waals surface area (Å²) < 4.78 is 13.4. The lowest BCUT2D eigenvalue weighted by Gasteiger charge is -2.13. The molecule has 0 aromatic heterocycles. The van der Waals surface area contributed by atoms with Gasteiger partial charge in [-0.1, -0.05) is 18.2 Å². The van der Waals surface area contributed by atoms with Crippen molar-refractivity contribution >= 4 is 11.9 Å². The van der Waals surface area contributed by atoms with Crippen molar-refractivity contribution in [2.24, 2.45) is 4.99 Å². The van der Waals surface area contributed by atoms with Crippen LogP contribution in [0.3, 0.4) is 0 Å². The van der Waals surface area contributed by atoms with Crippen LogP contribution in [0.1, 0.15) is 21.5 Å². The van der Waals surface area contributed by atoms with E-state index in [1.165, 1.54) is 12.1 Å². The number of amides is 1. The number of benzene rings is 2. The fraction of sp³-hybridized carbons (Fsp3) is 0.300. The number of aromatic hydroxyl groups is 1. The minimum Gasteiger partial charge on any atom is -0.505 e. The highest BCUT2D eigenvalue weighted by molar-refractivity contribution is 5.94. The maximum absolute atomic E-state index is 13.4. The van der Waals surface area contributed by atoms with Crippen molar-refractivity contribution in [3.63, 3.8) is 0 Å². The number of halogens is 1. The van der Waals surface area contributed by atoms with E-state index in [1.54, 1.807) is 38.2 Å². The normalized spacial score (nSPS) is 11.2. The molecule has 2 aromatic carbocycles. The first-order chi connectivity index (χ1) is 12.9. The number of carbonyl (C=O) groups is 1. The van der Waals surface area contributed by atoms with E-state index in [0.717, 1.165) is 12.0 Å². The Bertz CT molecular complexity index is 821. The molecule has 0 heterocycles. The van der Waals surface area contributed by atoms with E-state index >= 15 is 0 Å². The third kappa shape index (κ3) is 5.99. The average molecular weight is 372 g/mol. The van der Waals surface area contributed by atoms with Crippen molar-refractivity contribution in [1.29, 1.82) is 0 Å². The van der Waals surface area contributed by atoms with Gasteiger partial charge in [0.1, 0.15) is 0 Å². The van der Waals surface area contributed by atoms with Gasteiger partial charge in [-0.05, 0) is 41.8 Å². The van der Waals surface area contributed by atoms with Gasteiger partial charge in [0, 0.05) is 39.8 Å². The number of nitrogens with zero attached hydrogens (tertiary/aromatic N) is 2. The predicted octanol–water partition coefficient (Wildman–Crippen LogP) is 2.14. The van der Waals surface area contributed by atoms with Crippen LogP contribution in [0.4, 0.5) is 4.39 Å². The van der Waals surface area contributed by atoms with Crippen LogP contribution in [0, 0.1) is 5.82 Å². The summed E-state index contributed by atoms with van der Waals surface area (Å²) in [7, 11) is 5.11. The molecule has 0 aliphatic heterocycles. The molecule has 0 saturated carbocycles. The smallest absolute Gasteiger partial charge is 0.253 e. The third-order valence-corrected chi connectivity index (χ3v) is 3.98. The Morgan fingerprint density at radius 3 is 2.59 bits per heavy atom. The van der Waals surface area contributed by atoms with E-state index in [4.69, 9.17) is 0 Å². The second kappa shape index (κ2) is 9.56. The summed E-state index contributed by atoms with van der Waals surface area (Å²) in [4.78, 5) is 17.7. The van der Waals surface area contributed by atoms with Gasteiger partial charge in [0.25, 0.3) is 5.91 Å². The zero-order chi connectivity index (χ0) is 19.8. The van der Waals surface area contributed by atoms with Crippen molar-refractivity contribution in [2.75, 3.05) is 27.7 Å². The molecule has 1 amide bonds. The van der Waals surface area contributed by atoms with Gasteiger partial charge in [-0.2, -0.15) is 0 Å². The van der Waals surface area contributed by atoms with E-state index in [1.807, 2.05) is 18.2 Å². The number of hydrogen-bond donors (Lipinski definition) is 3. The maximum Gasteiger partial charge on any atom is 0.253 e. The number of nitrogens with one attached hydrogen (secondary N) is 2. The van der Waals surface area contributed by atoms with Crippen molar-refractivity contribution < 1.29 is 14.3 Å². The average Bonchev–Trinajstić information content (AvgIpc) is 2.66. The molecule has 0 atom stereocenters. The standard InChI is InChI=1S/C20H25FN4O2/c1-22-20(24-13-15-7-8-18(26)17(21)12-15)23-10-9-14-5-4-6-16(11-14)19(27)25(2)3/h4-8,11-12,26H,9-10,13H2,1-3H3,(H2,22,23,24). The number of carbonyl (C=O) groups excluding carboxylic acids is 1. The monoisotopic (exact) mass is 372 g/mol. The number of aliphatic imine (C=N–C) groups is 1. The van der Waals surface area contributed by atoms with Gasteiger partial charge < -0.3 is 20.6 Å². The first-order valence-electron chi connectivity index (χ1n) is 8.63. The zero-order valence-corrected chi connectivity index (χ0v) is 15.8. The van der Waals surface area contributed by atoms with Crippen molar-refractivity contribution in [2.45, 2.75) is 13.0 Å². The number of phenolic OH excluding ortho intramolecular Hbond substituents is 1. The van der Waals surface area contributed by atoms with Crippen LogP contribution in [-0.4, -0.2) is 49.6 Å². The van der Waals surface area contributed by atoms with E-state index in [2.05, 4.69) is 15.6 Å². The third-order valence-electron chi connectivity index (χ3n) is 3.98. The molecule has 0 fully saturated rings. The van der Waals surface area contributed by atoms with Crippen LogP contribution in [0.15, 0.2) is 47.5 Å². The Morgan fingerprint density at radius 2 is 1.93 bits per heavy atom. The fourth-order valence-electron chi connectivity index (χ4n) is 2.51. The van der Waals surface area contributed by atoms with Crippen LogP contribution in [0.2, 0.25) is 0 Å². The highest BCUT2D eigenvalue weighted by atomic mass is 19.1. The molecule has 0 unspecified atom stereocenters. The predicted molar refractivity (Wildman–Crippen MR) is 104 cm³/mol. The van der Waals surface area contributed by atoms with E-state index < -0.39 is 5.82 Å². The highest BCUT2D eigenvalue weighted by Crippen LogP contribution is 2.15. The molecule has 2 rings (SSSR count). The van der Waals surface area contributed by atoms with Crippen LogP contribution in [0.25, 0.3) is 0 Å². The first kappa shape index (κ1) is 20.2. The minimum atomic E-state index is -0.649. The molecule has 7 heteroatoms. The summed E-state index contributed by atoms with van der Waals surface area (Å²) in [5, 5.41) is 15.5. The molecule has 0 radical (unpaired) electrons. The first-order valence-corrected chi connectivity index (χ1v) is 8.63. The van der Waals surface area contributed by atoms with Crippen LogP contribution in [-0.2, 0) is 13.0 Å². The molecule has 144 valence electrons. The van der Waals surface area contributed by atoms with Crippen LogP contribution in [0.5, 0.6) is 5.75 Å². The molecule has 0 saturated heterocycles. The molecule has 3 N–H and O–H groups in total. The second-order valence-corrected chi connectivity index (χ2v) is 6.29. The lowest BCUT2D eigenvalue weighted by Crippen LogP contribution is -2.37. The molecule has 2 aromatic rings. The van der Waals surface area contributed by atoms with Crippen molar-refractivity contribution in [3.05, 3.63) is 65.0 Å². The molecular weight excluding hydrogens is 347 g/mol. The summed E-state index contributed by atoms with van der Waals surface area (Å²) in [6.07, 6.45) is 0.725. The van der Waals surface area contributed by atoms with Gasteiger partial charge in [-0.3, -0.25) is 9.79 Å². The molecular formula is C20H25FN4O2. The van der Waals surface area contributed by atoms with Crippen molar-refractivity contribution in [1.82, 2.24) is 15.5 Å². The van der Waals surface area contributed by atoms with Crippen LogP contribution < -0.4 is 10.6 Å². The molecule has 0 aliphatic carbocycles. The van der Waals surface area contributed by atoms with Gasteiger partial charge >= 0.3 is 0 Å². The van der Waals surface area contributed by atoms with Gasteiger partial charge in [0.2, 0.25) is 0 Å². The number of hydrogen-bond acceptors (Lipinski definition) is 3. The quantitative estimate of drug-likeness (QED) is 0.536. The molecule has 6 nitrogen and oxygen atoms in total. The summed E-state index contributed by atoms with van der Waals surface area (Å²) in [6.45, 7) is 1.01. The van der Waals surface area contributed by atoms with Gasteiger partial charge in [-0.15, -0.1) is 0 Å². The lowest BCUT2D eigenvalue weighted by atomic mass is 10.1. The Morgan fingerprint density at radius 1 is 1.15 bits per heavy atom. The Balaban J connectivity index is 1.85. The summed E-state index contributed by atoms with van der Waals surface area (Å²) >= 11 is 0. The number of rotatable bonds is 6. The van der Waals surface area contributed by atoms with E-state index in [0.29, 0.717) is 30.2 Å². The Labute approximate surface area is 158 Å². The Kier molecular flexibility index (Phi) is 7.16. The minimum absolute atomic E-state index is 0.0246. The SMILES string of the molecule is CN=C(NCCc1cccc(C(=O)N(C)C)c1)NCc1ccc(O)c(F)c1. The van der Waals surface area contributed by atoms with Crippen molar-refractivity contribution in [3.8, 4) is 5.75 Å². The lowest BCUT2D eigenvalue weighted by molar-refractivity contribution is 0.0827. The van der Waals surface area contributed by atoms with Gasteiger partial charge in [0.05, 0.1) is 0 Å². The summed E-state index contributed by atoms with van der Waals surface area (Å²) in [6, 6.07) is 11.8. The topological polar surface area (TPSA) is 77.0 Å². The largest absolute Gasteiger partial charge is 0.505 e. The van der Waals surface area contributed by atoms with E-state index in [-0.39, 0.29) is 11.7 Å². The second-order valence-electron chi connectivity index (χ2n) is 6.29. The summed E-state index contributed by atoms with van der Waals surface area (Å²) in [5.74, 6) is -0.451. The maximum atomic E-state index is 13.4. The zero-order valence-electron chi connectivity index (χ0n) is 15.8. The molecule has 0 spiro atoms. The van der Waals surface area contributed by atoms with Gasteiger partial charge in [-0.25, -0.2) is 4.39 Å². The molecule has 0 bridgehead atoms. The van der Waals surface area contributed by atoms with Crippen LogP contribution >= 0.6 is 0 Å². The number of phenols is 1.